The van der Waals surface area contributed by atoms with Crippen LogP contribution < -0.4 is 16.4 Å². The predicted octanol–water partition coefficient (Wildman–Crippen LogP) is 3.63. The van der Waals surface area contributed by atoms with Crippen molar-refractivity contribution >= 4 is 35.1 Å². The van der Waals surface area contributed by atoms with Gasteiger partial charge in [-0.3, -0.25) is 14.7 Å². The van der Waals surface area contributed by atoms with Crippen LogP contribution >= 0.6 is 0 Å². The fraction of sp³-hybridized carbons (Fsp3) is 0.261. The number of rotatable bonds is 6. The Kier molecular flexibility index (Phi) is 6.09. The molecule has 2 aromatic carbocycles. The van der Waals surface area contributed by atoms with Crippen LogP contribution in [0.2, 0.25) is 0 Å². The molecule has 4 N–H and O–H groups in total. The van der Waals surface area contributed by atoms with Crippen LogP contribution in [0.25, 0.3) is 0 Å². The van der Waals surface area contributed by atoms with Gasteiger partial charge >= 0.3 is 0 Å². The second-order valence-electron chi connectivity index (χ2n) is 7.83. The van der Waals surface area contributed by atoms with E-state index in [1.807, 2.05) is 18.3 Å². The topological polar surface area (TPSA) is 121 Å². The molecule has 32 heavy (non-hydrogen) atoms. The van der Waals surface area contributed by atoms with E-state index >= 15 is 0 Å². The molecule has 4 rings (SSSR count). The van der Waals surface area contributed by atoms with Crippen LogP contribution in [0.4, 0.5) is 23.0 Å². The minimum absolute atomic E-state index is 0.0816. The maximum Gasteiger partial charge on any atom is 0.255 e. The van der Waals surface area contributed by atoms with Crippen molar-refractivity contribution < 1.29 is 4.79 Å². The zero-order valence-electron chi connectivity index (χ0n) is 18.2. The predicted molar refractivity (Wildman–Crippen MR) is 126 cm³/mol. The summed E-state index contributed by atoms with van der Waals surface area (Å²) < 4.78 is 0. The Morgan fingerprint density at radius 2 is 1.84 bits per heavy atom. The normalized spacial score (nSPS) is 18.1. The highest BCUT2D eigenvalue weighted by atomic mass is 16.1. The number of nitrogens with one attached hydrogen (secondary N) is 2. The zero-order valence-corrected chi connectivity index (χ0v) is 18.2. The van der Waals surface area contributed by atoms with Gasteiger partial charge in [-0.2, -0.15) is 4.98 Å². The van der Waals surface area contributed by atoms with Crippen LogP contribution in [0.15, 0.2) is 59.9 Å². The van der Waals surface area contributed by atoms with Gasteiger partial charge in [0, 0.05) is 23.5 Å². The molecule has 9 nitrogen and oxygen atoms in total. The van der Waals surface area contributed by atoms with Gasteiger partial charge in [0.25, 0.3) is 5.91 Å². The van der Waals surface area contributed by atoms with E-state index in [1.165, 1.54) is 6.33 Å². The molecule has 1 amide bonds. The second kappa shape index (κ2) is 9.11. The Bertz CT molecular complexity index is 1130. The van der Waals surface area contributed by atoms with Crippen LogP contribution in [-0.2, 0) is 0 Å². The summed E-state index contributed by atoms with van der Waals surface area (Å²) in [6, 6.07) is 14.4. The third-order valence-electron chi connectivity index (χ3n) is 5.26. The van der Waals surface area contributed by atoms with Crippen molar-refractivity contribution in [2.75, 3.05) is 16.4 Å². The molecule has 0 aliphatic carbocycles. The number of nitrogens with two attached hydrogens (primary N) is 1. The maximum atomic E-state index is 12.5. The first-order chi connectivity index (χ1) is 15.4. The van der Waals surface area contributed by atoms with E-state index < -0.39 is 0 Å². The van der Waals surface area contributed by atoms with E-state index in [0.717, 1.165) is 5.69 Å². The monoisotopic (exact) mass is 430 g/mol. The Labute approximate surface area is 186 Å². The summed E-state index contributed by atoms with van der Waals surface area (Å²) in [6.45, 7) is 6.31. The van der Waals surface area contributed by atoms with E-state index in [9.17, 15) is 4.79 Å². The molecule has 1 aliphatic rings. The van der Waals surface area contributed by atoms with Crippen molar-refractivity contribution in [3.63, 3.8) is 0 Å². The van der Waals surface area contributed by atoms with E-state index in [2.05, 4.69) is 56.2 Å². The summed E-state index contributed by atoms with van der Waals surface area (Å²) in [7, 11) is 0. The number of anilines is 4. The molecule has 1 aromatic heterocycles. The molecule has 0 radical (unpaired) electrons. The van der Waals surface area contributed by atoms with Gasteiger partial charge < -0.3 is 16.4 Å². The summed E-state index contributed by atoms with van der Waals surface area (Å²) in [5.74, 6) is 0.835. The maximum absolute atomic E-state index is 12.5. The minimum atomic E-state index is -0.236. The summed E-state index contributed by atoms with van der Waals surface area (Å²) in [5.41, 5.74) is 8.26. The van der Waals surface area contributed by atoms with Crippen LogP contribution in [0.3, 0.4) is 0 Å². The SMILES string of the molecule is CC(C)N1C(C)N=CC1c1ncnc(Nc2ccc(C(=O)Nc3ccccc3N)cc2)n1. The molecule has 0 fully saturated rings. The van der Waals surface area contributed by atoms with E-state index in [-0.39, 0.29) is 18.1 Å². The number of para-hydroxylation sites is 2. The Morgan fingerprint density at radius 1 is 1.09 bits per heavy atom. The first-order valence-corrected chi connectivity index (χ1v) is 10.4. The number of aromatic nitrogens is 3. The molecule has 2 atom stereocenters. The van der Waals surface area contributed by atoms with E-state index in [0.29, 0.717) is 34.8 Å². The van der Waals surface area contributed by atoms with Gasteiger partial charge in [0.2, 0.25) is 5.95 Å². The number of carbonyl (C=O) groups is 1. The lowest BCUT2D eigenvalue weighted by atomic mass is 10.2. The summed E-state index contributed by atoms with van der Waals surface area (Å²) in [5, 5.41) is 5.99. The average Bonchev–Trinajstić information content (AvgIpc) is 3.18. The van der Waals surface area contributed by atoms with Crippen molar-refractivity contribution in [3.05, 3.63) is 66.2 Å². The first-order valence-electron chi connectivity index (χ1n) is 10.4. The van der Waals surface area contributed by atoms with Crippen molar-refractivity contribution in [1.29, 1.82) is 0 Å². The largest absolute Gasteiger partial charge is 0.397 e. The number of benzene rings is 2. The fourth-order valence-corrected chi connectivity index (χ4v) is 3.70. The summed E-state index contributed by atoms with van der Waals surface area (Å²) in [4.78, 5) is 32.4. The van der Waals surface area contributed by atoms with E-state index in [4.69, 9.17) is 5.73 Å². The van der Waals surface area contributed by atoms with Gasteiger partial charge in [0.1, 0.15) is 12.4 Å². The molecule has 0 bridgehead atoms. The molecule has 1 aliphatic heterocycles. The Morgan fingerprint density at radius 3 is 2.56 bits per heavy atom. The number of hydrogen-bond donors (Lipinski definition) is 3. The number of carbonyl (C=O) groups excluding carboxylic acids is 1. The van der Waals surface area contributed by atoms with Crippen molar-refractivity contribution in [2.45, 2.75) is 39.0 Å². The quantitative estimate of drug-likeness (QED) is 0.511. The third kappa shape index (κ3) is 4.57. The Hall–Kier alpha value is -3.85. The highest BCUT2D eigenvalue weighted by molar-refractivity contribution is 6.05. The van der Waals surface area contributed by atoms with Gasteiger partial charge in [0.15, 0.2) is 5.82 Å². The lowest BCUT2D eigenvalue weighted by Crippen LogP contribution is -2.37. The molecule has 2 unspecified atom stereocenters. The molecular formula is C23H26N8O. The summed E-state index contributed by atoms with van der Waals surface area (Å²) in [6.07, 6.45) is 3.46. The van der Waals surface area contributed by atoms with Gasteiger partial charge in [-0.25, -0.2) is 9.97 Å². The number of nitrogens with zero attached hydrogens (tertiary/aromatic N) is 5. The van der Waals surface area contributed by atoms with Crippen LogP contribution in [0, 0.1) is 0 Å². The number of aliphatic imine (C=N–C) groups is 1. The summed E-state index contributed by atoms with van der Waals surface area (Å²) >= 11 is 0. The zero-order chi connectivity index (χ0) is 22.7. The molecular weight excluding hydrogens is 404 g/mol. The molecule has 0 spiro atoms. The molecule has 164 valence electrons. The van der Waals surface area contributed by atoms with Crippen molar-refractivity contribution in [1.82, 2.24) is 19.9 Å². The number of amides is 1. The molecule has 2 heterocycles. The number of nitrogen functional groups attached to an aromatic ring is 1. The van der Waals surface area contributed by atoms with E-state index in [1.54, 1.807) is 36.4 Å². The molecule has 3 aromatic rings. The van der Waals surface area contributed by atoms with Crippen molar-refractivity contribution in [3.8, 4) is 0 Å². The average molecular weight is 431 g/mol. The lowest BCUT2D eigenvalue weighted by molar-refractivity contribution is 0.102. The van der Waals surface area contributed by atoms with Crippen LogP contribution in [-0.4, -0.2) is 44.2 Å². The highest BCUT2D eigenvalue weighted by Crippen LogP contribution is 2.27. The van der Waals surface area contributed by atoms with Gasteiger partial charge in [0.05, 0.1) is 17.5 Å². The lowest BCUT2D eigenvalue weighted by Gasteiger charge is -2.29. The van der Waals surface area contributed by atoms with Crippen molar-refractivity contribution in [2.24, 2.45) is 4.99 Å². The van der Waals surface area contributed by atoms with Crippen LogP contribution in [0.5, 0.6) is 0 Å². The second-order valence-corrected chi connectivity index (χ2v) is 7.83. The first kappa shape index (κ1) is 21.4. The highest BCUT2D eigenvalue weighted by Gasteiger charge is 2.32. The molecule has 9 heteroatoms. The van der Waals surface area contributed by atoms with Gasteiger partial charge in [-0.05, 0) is 57.2 Å². The van der Waals surface area contributed by atoms with Crippen LogP contribution in [0.1, 0.15) is 43.0 Å². The Balaban J connectivity index is 1.45. The smallest absolute Gasteiger partial charge is 0.255 e. The number of hydrogen-bond acceptors (Lipinski definition) is 8. The molecule has 0 saturated heterocycles. The van der Waals surface area contributed by atoms with Gasteiger partial charge in [-0.15, -0.1) is 0 Å². The fourth-order valence-electron chi connectivity index (χ4n) is 3.70. The van der Waals surface area contributed by atoms with Gasteiger partial charge in [-0.1, -0.05) is 12.1 Å². The molecule has 0 saturated carbocycles. The minimum Gasteiger partial charge on any atom is -0.397 e. The standard InChI is InChI=1S/C23H26N8O/c1-14(2)31-15(3)25-12-20(31)21-26-13-27-23(30-21)28-17-10-8-16(9-11-17)22(32)29-19-7-5-4-6-18(19)24/h4-15,20H,24H2,1-3H3,(H,29,32)(H,26,27,28,30). The third-order valence-corrected chi connectivity index (χ3v) is 5.26.